The van der Waals surface area contributed by atoms with Crippen LogP contribution in [0, 0.1) is 0 Å². The maximum atomic E-state index is 13.4. The van der Waals surface area contributed by atoms with E-state index in [1.807, 2.05) is 0 Å². The molecular weight excluding hydrogens is 548 g/mol. The van der Waals surface area contributed by atoms with Gasteiger partial charge < -0.3 is 45.5 Å². The standard InChI is InChI=1S/C28H32N6O8/c1-40-19-7-2-6-17(14-19)31-28(39)32-18-15-21(34(16-18)27(38)23-10-5-13-42-23)25(36)33-20(24(29)35)8-3-11-30-26(37)22-9-4-12-41-22/h2,4-7,9-10,12-14,18,20-21H,3,8,11,15-16H2,1H3,(H2,29,35)(H,30,37)(H,33,36)(H2,31,32,39). The van der Waals surface area contributed by atoms with Crippen LogP contribution in [-0.4, -0.2) is 72.9 Å². The van der Waals surface area contributed by atoms with E-state index in [1.54, 1.807) is 36.4 Å². The maximum Gasteiger partial charge on any atom is 0.319 e. The minimum atomic E-state index is -1.05. The molecule has 1 aromatic carbocycles. The van der Waals surface area contributed by atoms with Crippen LogP contribution in [0.2, 0.25) is 0 Å². The Labute approximate surface area is 240 Å². The lowest BCUT2D eigenvalue weighted by molar-refractivity contribution is -0.129. The zero-order valence-corrected chi connectivity index (χ0v) is 22.8. The number of urea groups is 1. The fourth-order valence-electron chi connectivity index (χ4n) is 4.57. The largest absolute Gasteiger partial charge is 0.497 e. The number of nitrogens with one attached hydrogen (secondary N) is 4. The van der Waals surface area contributed by atoms with Crippen LogP contribution in [0.15, 0.2) is 69.9 Å². The third-order valence-electron chi connectivity index (χ3n) is 6.62. The number of hydrogen-bond acceptors (Lipinski definition) is 8. The highest BCUT2D eigenvalue weighted by atomic mass is 16.5. The molecule has 3 aromatic rings. The molecule has 222 valence electrons. The molecular formula is C28H32N6O8. The lowest BCUT2D eigenvalue weighted by Gasteiger charge is -2.25. The fraction of sp³-hybridized carbons (Fsp3) is 0.321. The molecule has 14 heteroatoms. The van der Waals surface area contributed by atoms with E-state index in [0.717, 1.165) is 0 Å². The zero-order chi connectivity index (χ0) is 30.1. The molecule has 3 heterocycles. The van der Waals surface area contributed by atoms with Crippen LogP contribution in [0.1, 0.15) is 40.4 Å². The molecule has 4 rings (SSSR count). The number of ether oxygens (including phenoxy) is 1. The highest BCUT2D eigenvalue weighted by Crippen LogP contribution is 2.23. The lowest BCUT2D eigenvalue weighted by Crippen LogP contribution is -2.52. The van der Waals surface area contributed by atoms with Gasteiger partial charge >= 0.3 is 6.03 Å². The second-order valence-electron chi connectivity index (χ2n) is 9.55. The molecule has 1 aliphatic rings. The Morgan fingerprint density at radius 1 is 1.05 bits per heavy atom. The van der Waals surface area contributed by atoms with Crippen molar-refractivity contribution in [2.75, 3.05) is 25.5 Å². The van der Waals surface area contributed by atoms with Gasteiger partial charge in [0.15, 0.2) is 11.5 Å². The van der Waals surface area contributed by atoms with Gasteiger partial charge in [-0.15, -0.1) is 0 Å². The maximum absolute atomic E-state index is 13.4. The predicted molar refractivity (Wildman–Crippen MR) is 148 cm³/mol. The van der Waals surface area contributed by atoms with E-state index in [0.29, 0.717) is 17.9 Å². The second-order valence-corrected chi connectivity index (χ2v) is 9.55. The molecule has 14 nitrogen and oxygen atoms in total. The quantitative estimate of drug-likeness (QED) is 0.198. The van der Waals surface area contributed by atoms with Crippen molar-refractivity contribution in [3.8, 4) is 5.75 Å². The van der Waals surface area contributed by atoms with E-state index in [-0.39, 0.29) is 37.5 Å². The first-order chi connectivity index (χ1) is 20.2. The van der Waals surface area contributed by atoms with Crippen LogP contribution in [0.4, 0.5) is 10.5 Å². The number of methoxy groups -OCH3 is 1. The monoisotopic (exact) mass is 580 g/mol. The van der Waals surface area contributed by atoms with Gasteiger partial charge in [-0.25, -0.2) is 4.79 Å². The molecule has 0 spiro atoms. The lowest BCUT2D eigenvalue weighted by atomic mass is 10.1. The Morgan fingerprint density at radius 3 is 2.45 bits per heavy atom. The van der Waals surface area contributed by atoms with E-state index in [9.17, 15) is 24.0 Å². The summed E-state index contributed by atoms with van der Waals surface area (Å²) >= 11 is 0. The van der Waals surface area contributed by atoms with Crippen molar-refractivity contribution in [3.05, 3.63) is 72.6 Å². The topological polar surface area (TPSA) is 198 Å². The van der Waals surface area contributed by atoms with Gasteiger partial charge in [-0.1, -0.05) is 6.07 Å². The van der Waals surface area contributed by atoms with E-state index < -0.39 is 47.8 Å². The molecule has 1 saturated heterocycles. The number of rotatable bonds is 12. The first kappa shape index (κ1) is 29.7. The number of benzene rings is 1. The van der Waals surface area contributed by atoms with E-state index in [4.69, 9.17) is 19.3 Å². The third kappa shape index (κ3) is 7.68. The highest BCUT2D eigenvalue weighted by Gasteiger charge is 2.42. The molecule has 0 radical (unpaired) electrons. The van der Waals surface area contributed by atoms with E-state index in [2.05, 4.69) is 21.3 Å². The van der Waals surface area contributed by atoms with Gasteiger partial charge in [-0.3, -0.25) is 19.2 Å². The summed E-state index contributed by atoms with van der Waals surface area (Å²) in [6.45, 7) is 0.226. The van der Waals surface area contributed by atoms with Gasteiger partial charge in [0.2, 0.25) is 11.8 Å². The average molecular weight is 581 g/mol. The first-order valence-corrected chi connectivity index (χ1v) is 13.2. The number of nitrogens with zero attached hydrogens (tertiary/aromatic N) is 1. The van der Waals surface area contributed by atoms with Gasteiger partial charge in [-0.2, -0.15) is 0 Å². The molecule has 1 aliphatic heterocycles. The minimum absolute atomic E-state index is 0.0171. The Balaban J connectivity index is 1.37. The highest BCUT2D eigenvalue weighted by molar-refractivity contribution is 5.97. The first-order valence-electron chi connectivity index (χ1n) is 13.2. The van der Waals surface area contributed by atoms with Gasteiger partial charge in [0.05, 0.1) is 25.7 Å². The van der Waals surface area contributed by atoms with Crippen molar-refractivity contribution in [2.45, 2.75) is 37.4 Å². The van der Waals surface area contributed by atoms with Gasteiger partial charge in [-0.05, 0) is 55.7 Å². The smallest absolute Gasteiger partial charge is 0.319 e. The van der Waals surface area contributed by atoms with Crippen molar-refractivity contribution < 1.29 is 37.5 Å². The molecule has 6 amide bonds. The molecule has 0 bridgehead atoms. The molecule has 42 heavy (non-hydrogen) atoms. The number of likely N-dealkylation sites (tertiary alicyclic amines) is 1. The van der Waals surface area contributed by atoms with Crippen LogP contribution in [0.3, 0.4) is 0 Å². The van der Waals surface area contributed by atoms with Gasteiger partial charge in [0, 0.05) is 24.8 Å². The molecule has 3 unspecified atom stereocenters. The molecule has 6 N–H and O–H groups in total. The number of anilines is 1. The van der Waals surface area contributed by atoms with Gasteiger partial charge in [0.25, 0.3) is 11.8 Å². The number of amides is 6. The number of carbonyl (C=O) groups is 5. The Kier molecular flexibility index (Phi) is 9.81. The van der Waals surface area contributed by atoms with Crippen LogP contribution in [0.25, 0.3) is 0 Å². The molecule has 0 saturated carbocycles. The average Bonchev–Trinajstić information content (AvgIpc) is 3.76. The number of furan rings is 2. The van der Waals surface area contributed by atoms with Crippen molar-refractivity contribution in [3.63, 3.8) is 0 Å². The van der Waals surface area contributed by atoms with Crippen molar-refractivity contribution in [1.29, 1.82) is 0 Å². The number of carbonyl (C=O) groups excluding carboxylic acids is 5. The normalized spacial score (nSPS) is 16.7. The van der Waals surface area contributed by atoms with E-state index in [1.165, 1.54) is 36.7 Å². The van der Waals surface area contributed by atoms with Crippen LogP contribution < -0.4 is 31.7 Å². The SMILES string of the molecule is COc1cccc(NC(=O)NC2CC(C(=O)NC(CCCNC(=O)c3ccco3)C(N)=O)N(C(=O)c3ccco3)C2)c1. The van der Waals surface area contributed by atoms with Gasteiger partial charge in [0.1, 0.15) is 17.8 Å². The number of primary amides is 1. The molecule has 1 fully saturated rings. The van der Waals surface area contributed by atoms with Crippen molar-refractivity contribution >= 4 is 35.3 Å². The van der Waals surface area contributed by atoms with Crippen LogP contribution >= 0.6 is 0 Å². The zero-order valence-electron chi connectivity index (χ0n) is 22.8. The number of nitrogens with two attached hydrogens (primary N) is 1. The summed E-state index contributed by atoms with van der Waals surface area (Å²) in [7, 11) is 1.51. The summed E-state index contributed by atoms with van der Waals surface area (Å²) in [5.41, 5.74) is 6.03. The summed E-state index contributed by atoms with van der Waals surface area (Å²) in [6.07, 6.45) is 3.26. The summed E-state index contributed by atoms with van der Waals surface area (Å²) in [5, 5.41) is 10.8. The Bertz CT molecular complexity index is 1390. The summed E-state index contributed by atoms with van der Waals surface area (Å²) in [5.74, 6) is -1.61. The minimum Gasteiger partial charge on any atom is -0.497 e. The Morgan fingerprint density at radius 2 is 1.79 bits per heavy atom. The molecule has 0 aliphatic carbocycles. The van der Waals surface area contributed by atoms with E-state index >= 15 is 0 Å². The molecule has 2 aromatic heterocycles. The van der Waals surface area contributed by atoms with Crippen LogP contribution in [-0.2, 0) is 9.59 Å². The summed E-state index contributed by atoms with van der Waals surface area (Å²) in [4.78, 5) is 64.7. The second kappa shape index (κ2) is 13.9. The number of hydrogen-bond donors (Lipinski definition) is 5. The van der Waals surface area contributed by atoms with Crippen LogP contribution in [0.5, 0.6) is 5.75 Å². The third-order valence-corrected chi connectivity index (χ3v) is 6.62. The van der Waals surface area contributed by atoms with Crippen molar-refractivity contribution in [2.24, 2.45) is 5.73 Å². The Hall–Kier alpha value is -5.27. The summed E-state index contributed by atoms with van der Waals surface area (Å²) < 4.78 is 15.4. The predicted octanol–water partition coefficient (Wildman–Crippen LogP) is 1.47. The molecule has 3 atom stereocenters. The van der Waals surface area contributed by atoms with Crippen molar-refractivity contribution in [1.82, 2.24) is 20.9 Å². The fourth-order valence-corrected chi connectivity index (χ4v) is 4.57. The summed E-state index contributed by atoms with van der Waals surface area (Å²) in [6, 6.07) is 9.70.